The third-order valence-electron chi connectivity index (χ3n) is 2.47. The number of carbonyl (C=O) groups excluding carboxylic acids is 1. The van der Waals surface area contributed by atoms with Crippen LogP contribution in [0.15, 0.2) is 12.2 Å². The van der Waals surface area contributed by atoms with Crippen molar-refractivity contribution in [2.75, 3.05) is 6.61 Å². The van der Waals surface area contributed by atoms with Crippen molar-refractivity contribution in [1.29, 1.82) is 0 Å². The van der Waals surface area contributed by atoms with Crippen LogP contribution in [0.5, 0.6) is 0 Å². The number of hydrogen-bond donors (Lipinski definition) is 1. The molecule has 0 aromatic heterocycles. The van der Waals surface area contributed by atoms with Crippen molar-refractivity contribution in [3.8, 4) is 0 Å². The second-order valence-electron chi connectivity index (χ2n) is 4.42. The Labute approximate surface area is 168 Å². The minimum absolute atomic E-state index is 0. The Morgan fingerprint density at radius 3 is 2.09 bits per heavy atom. The van der Waals surface area contributed by atoms with E-state index in [-0.39, 0.29) is 76.4 Å². The van der Waals surface area contributed by atoms with E-state index in [9.17, 15) is 30.8 Å². The zero-order valence-electron chi connectivity index (χ0n) is 11.2. The molecule has 0 aromatic carbocycles. The number of alkyl halides is 4. The van der Waals surface area contributed by atoms with Gasteiger partial charge < -0.3 is 4.74 Å². The van der Waals surface area contributed by atoms with E-state index in [4.69, 9.17) is 4.55 Å². The first-order chi connectivity index (χ1) is 9.33. The molecule has 0 atom stereocenters. The van der Waals surface area contributed by atoms with E-state index in [1.807, 2.05) is 0 Å². The van der Waals surface area contributed by atoms with Crippen molar-refractivity contribution in [3.63, 3.8) is 0 Å². The summed E-state index contributed by atoms with van der Waals surface area (Å²) in [5.41, 5.74) is 0.161. The summed E-state index contributed by atoms with van der Waals surface area (Å²) in [6.45, 7) is 4.64. The number of halogens is 4. The molecular weight excluding hydrogens is 359 g/mol. The van der Waals surface area contributed by atoms with Gasteiger partial charge in [0.05, 0.1) is 6.61 Å². The average molecular weight is 376 g/mol. The summed E-state index contributed by atoms with van der Waals surface area (Å²) in [6, 6.07) is 0. The molecule has 126 valence electrons. The van der Waals surface area contributed by atoms with Gasteiger partial charge in [0.25, 0.3) is 0 Å². The maximum absolute atomic E-state index is 13.1. The number of ether oxygens (including phenoxy) is 1. The fourth-order valence-electron chi connectivity index (χ4n) is 1.25. The second kappa shape index (κ2) is 9.69. The third kappa shape index (κ3) is 7.36. The van der Waals surface area contributed by atoms with Crippen LogP contribution in [0.1, 0.15) is 32.6 Å². The Morgan fingerprint density at radius 1 is 1.18 bits per heavy atom. The fraction of sp³-hybridized carbons (Fsp3) is 0.727. The molecule has 22 heavy (non-hydrogen) atoms. The predicted molar refractivity (Wildman–Crippen MR) is 72.8 cm³/mol. The van der Waals surface area contributed by atoms with Gasteiger partial charge in [-0.3, -0.25) is 4.55 Å². The monoisotopic (exact) mass is 376 g/mol. The van der Waals surface area contributed by atoms with E-state index < -0.39 is 40.1 Å². The first-order valence-electron chi connectivity index (χ1n) is 5.88. The van der Waals surface area contributed by atoms with Gasteiger partial charge in [-0.15, -0.1) is 0 Å². The predicted octanol–water partition coefficient (Wildman–Crippen LogP) is 2.13. The van der Waals surface area contributed by atoms with Crippen molar-refractivity contribution in [2.24, 2.45) is 0 Å². The average Bonchev–Trinajstić information content (AvgIpc) is 2.31. The maximum atomic E-state index is 13.1. The van der Waals surface area contributed by atoms with Gasteiger partial charge in [0.2, 0.25) is 0 Å². The van der Waals surface area contributed by atoms with Crippen molar-refractivity contribution < 1.29 is 40.1 Å². The number of esters is 1. The molecule has 0 saturated heterocycles. The van der Waals surface area contributed by atoms with E-state index in [2.05, 4.69) is 11.3 Å². The first kappa shape index (κ1) is 24.7. The standard InChI is InChI=1S/C11H16F4O5S.K.H/c1-8(2)9(16)20-7-5-3-4-6-10(12,13)11(14,15)21(17,18)19;;/h1,3-7H2,2H3,(H,17,18,19);;. The van der Waals surface area contributed by atoms with Gasteiger partial charge in [0.15, 0.2) is 0 Å². The van der Waals surface area contributed by atoms with Crippen LogP contribution in [-0.2, 0) is 19.6 Å². The molecule has 11 heteroatoms. The fourth-order valence-corrected chi connectivity index (χ4v) is 1.73. The molecule has 0 unspecified atom stereocenters. The van der Waals surface area contributed by atoms with Crippen LogP contribution < -0.4 is 0 Å². The first-order valence-corrected chi connectivity index (χ1v) is 7.32. The number of rotatable bonds is 9. The van der Waals surface area contributed by atoms with Gasteiger partial charge in [-0.1, -0.05) is 6.58 Å². The van der Waals surface area contributed by atoms with Crippen molar-refractivity contribution >= 4 is 67.5 Å². The zero-order chi connectivity index (χ0) is 16.9. The Balaban J connectivity index is 0. The Morgan fingerprint density at radius 2 is 1.68 bits per heavy atom. The number of unbranched alkanes of at least 4 members (excludes halogenated alkanes) is 2. The molecule has 0 rings (SSSR count). The van der Waals surface area contributed by atoms with Gasteiger partial charge >= 0.3 is 78.6 Å². The SMILES string of the molecule is C=C(C)C(=O)OCCCCCC(F)(F)C(F)(F)S(=O)(=O)O.[KH]. The molecule has 0 radical (unpaired) electrons. The zero-order valence-corrected chi connectivity index (χ0v) is 12.1. The molecule has 0 aliphatic carbocycles. The topological polar surface area (TPSA) is 80.7 Å². The summed E-state index contributed by atoms with van der Waals surface area (Å²) >= 11 is 0. The summed E-state index contributed by atoms with van der Waals surface area (Å²) in [6.07, 6.45) is -1.69. The van der Waals surface area contributed by atoms with Gasteiger partial charge in [0.1, 0.15) is 0 Å². The van der Waals surface area contributed by atoms with E-state index in [0.29, 0.717) is 0 Å². The molecule has 1 N–H and O–H groups in total. The van der Waals surface area contributed by atoms with Crippen LogP contribution in [0, 0.1) is 0 Å². The summed E-state index contributed by atoms with van der Waals surface area (Å²) in [4.78, 5) is 10.9. The Bertz CT molecular complexity index is 493. The molecular formula is C11H17F4KO5S. The van der Waals surface area contributed by atoms with Gasteiger partial charge in [-0.25, -0.2) is 4.79 Å². The summed E-state index contributed by atoms with van der Waals surface area (Å²) in [5, 5.41) is -5.54. The Kier molecular flexibility index (Phi) is 10.9. The van der Waals surface area contributed by atoms with Gasteiger partial charge in [0, 0.05) is 12.0 Å². The van der Waals surface area contributed by atoms with E-state index >= 15 is 0 Å². The number of hydrogen-bond acceptors (Lipinski definition) is 4. The summed E-state index contributed by atoms with van der Waals surface area (Å²) in [7, 11) is -6.19. The van der Waals surface area contributed by atoms with Gasteiger partial charge in [-0.2, -0.15) is 26.0 Å². The van der Waals surface area contributed by atoms with E-state index in [1.54, 1.807) is 0 Å². The molecule has 0 aromatic rings. The van der Waals surface area contributed by atoms with Crippen LogP contribution in [0.3, 0.4) is 0 Å². The van der Waals surface area contributed by atoms with Crippen molar-refractivity contribution in [2.45, 2.75) is 43.8 Å². The third-order valence-corrected chi connectivity index (χ3v) is 3.41. The number of carbonyl (C=O) groups is 1. The van der Waals surface area contributed by atoms with Crippen LogP contribution in [0.25, 0.3) is 0 Å². The van der Waals surface area contributed by atoms with Crippen molar-refractivity contribution in [3.05, 3.63) is 12.2 Å². The molecule has 0 aliphatic heterocycles. The minimum atomic E-state index is -6.19. The quantitative estimate of drug-likeness (QED) is 0.167. The Hall–Kier alpha value is 0.476. The normalized spacial score (nSPS) is 12.5. The second-order valence-corrected chi connectivity index (χ2v) is 5.89. The van der Waals surface area contributed by atoms with Gasteiger partial charge in [-0.05, 0) is 26.2 Å². The molecule has 0 aliphatic rings. The van der Waals surface area contributed by atoms with Crippen LogP contribution >= 0.6 is 0 Å². The molecule has 0 spiro atoms. The molecule has 0 bridgehead atoms. The molecule has 0 amide bonds. The summed E-state index contributed by atoms with van der Waals surface area (Å²) < 4.78 is 85.0. The van der Waals surface area contributed by atoms with Crippen LogP contribution in [-0.4, -0.2) is 88.1 Å². The molecule has 0 saturated carbocycles. The van der Waals surface area contributed by atoms with Crippen LogP contribution in [0.4, 0.5) is 17.6 Å². The van der Waals surface area contributed by atoms with E-state index in [0.717, 1.165) is 0 Å². The molecule has 5 nitrogen and oxygen atoms in total. The molecule has 0 fully saturated rings. The molecule has 0 heterocycles. The van der Waals surface area contributed by atoms with Crippen LogP contribution in [0.2, 0.25) is 0 Å². The van der Waals surface area contributed by atoms with Crippen molar-refractivity contribution in [1.82, 2.24) is 0 Å². The van der Waals surface area contributed by atoms with E-state index in [1.165, 1.54) is 6.92 Å². The summed E-state index contributed by atoms with van der Waals surface area (Å²) in [5.74, 6) is -5.53.